The van der Waals surface area contributed by atoms with E-state index in [0.717, 1.165) is 6.07 Å². The lowest BCUT2D eigenvalue weighted by atomic mass is 10.1. The van der Waals surface area contributed by atoms with Crippen LogP contribution in [0.2, 0.25) is 0 Å². The second kappa shape index (κ2) is 7.81. The number of carbonyl (C=O) groups is 2. The molecule has 0 fully saturated rings. The van der Waals surface area contributed by atoms with Gasteiger partial charge in [-0.1, -0.05) is 12.1 Å². The predicted octanol–water partition coefficient (Wildman–Crippen LogP) is 4.33. The molecule has 0 bridgehead atoms. The minimum atomic E-state index is -0.851. The van der Waals surface area contributed by atoms with Crippen LogP contribution >= 0.6 is 0 Å². The zero-order valence-electron chi connectivity index (χ0n) is 14.9. The second-order valence-electron chi connectivity index (χ2n) is 6.55. The Hall–Kier alpha value is -3.49. The summed E-state index contributed by atoms with van der Waals surface area (Å²) in [5.74, 6) is -1.62. The van der Waals surface area contributed by atoms with Crippen LogP contribution < -0.4 is 10.6 Å². The molecule has 9 heteroatoms. The number of carbonyl (C=O) groups excluding carboxylic acids is 2. The van der Waals surface area contributed by atoms with Crippen molar-refractivity contribution in [2.45, 2.75) is 26.4 Å². The van der Waals surface area contributed by atoms with E-state index in [2.05, 4.69) is 10.6 Å². The standard InChI is InChI=1S/C18H18FN3O5/c1-18(2,3)27-17(24)20-11-8-9-13(19)14(10-11)21-16(23)12-6-4-5-7-15(12)22(25)26/h4-10H,1-3H3,(H,20,24)(H,21,23). The van der Waals surface area contributed by atoms with Crippen molar-refractivity contribution in [2.75, 3.05) is 10.6 Å². The number of amides is 2. The molecule has 0 aliphatic rings. The van der Waals surface area contributed by atoms with Gasteiger partial charge < -0.3 is 10.1 Å². The number of rotatable bonds is 4. The second-order valence-corrected chi connectivity index (χ2v) is 6.55. The molecule has 2 rings (SSSR count). The largest absolute Gasteiger partial charge is 0.444 e. The van der Waals surface area contributed by atoms with Crippen molar-refractivity contribution >= 4 is 29.1 Å². The first-order valence-electron chi connectivity index (χ1n) is 7.91. The van der Waals surface area contributed by atoms with E-state index in [0.29, 0.717) is 0 Å². The van der Waals surface area contributed by atoms with E-state index in [1.807, 2.05) is 0 Å². The first-order chi connectivity index (χ1) is 12.6. The number of nitrogens with one attached hydrogen (secondary N) is 2. The van der Waals surface area contributed by atoms with Gasteiger partial charge in [-0.05, 0) is 45.0 Å². The summed E-state index contributed by atoms with van der Waals surface area (Å²) < 4.78 is 19.1. The smallest absolute Gasteiger partial charge is 0.412 e. The number of ether oxygens (including phenoxy) is 1. The number of nitrogens with zero attached hydrogens (tertiary/aromatic N) is 1. The molecule has 2 aromatic rings. The van der Waals surface area contributed by atoms with E-state index in [9.17, 15) is 24.1 Å². The van der Waals surface area contributed by atoms with Crippen LogP contribution in [0.5, 0.6) is 0 Å². The number of halogens is 1. The van der Waals surface area contributed by atoms with Crippen molar-refractivity contribution in [2.24, 2.45) is 0 Å². The van der Waals surface area contributed by atoms with E-state index in [1.54, 1.807) is 20.8 Å². The maximum Gasteiger partial charge on any atom is 0.412 e. The van der Waals surface area contributed by atoms with Crippen LogP contribution in [0, 0.1) is 15.9 Å². The molecule has 2 N–H and O–H groups in total. The third-order valence-electron chi connectivity index (χ3n) is 3.21. The molecule has 0 aromatic heterocycles. The average Bonchev–Trinajstić information content (AvgIpc) is 2.56. The molecular weight excluding hydrogens is 357 g/mol. The number of anilines is 2. The van der Waals surface area contributed by atoms with Gasteiger partial charge in [-0.15, -0.1) is 0 Å². The molecule has 27 heavy (non-hydrogen) atoms. The Kier molecular flexibility index (Phi) is 5.74. The summed E-state index contributed by atoms with van der Waals surface area (Å²) in [6.07, 6.45) is -0.745. The molecule has 142 valence electrons. The van der Waals surface area contributed by atoms with Crippen molar-refractivity contribution in [3.63, 3.8) is 0 Å². The molecule has 0 radical (unpaired) electrons. The number of hydrogen-bond donors (Lipinski definition) is 2. The van der Waals surface area contributed by atoms with Crippen LogP contribution in [-0.2, 0) is 4.74 Å². The van der Waals surface area contributed by atoms with Crippen LogP contribution in [0.4, 0.5) is 26.2 Å². The molecular formula is C18H18FN3O5. The van der Waals surface area contributed by atoms with E-state index in [-0.39, 0.29) is 16.9 Å². The van der Waals surface area contributed by atoms with Crippen LogP contribution in [0.25, 0.3) is 0 Å². The zero-order valence-corrected chi connectivity index (χ0v) is 14.9. The minimum Gasteiger partial charge on any atom is -0.444 e. The lowest BCUT2D eigenvalue weighted by molar-refractivity contribution is -0.385. The third kappa shape index (κ3) is 5.50. The highest BCUT2D eigenvalue weighted by Crippen LogP contribution is 2.23. The Bertz CT molecular complexity index is 893. The quantitative estimate of drug-likeness (QED) is 0.610. The van der Waals surface area contributed by atoms with E-state index in [4.69, 9.17) is 4.74 Å². The van der Waals surface area contributed by atoms with Crippen molar-refractivity contribution in [3.05, 3.63) is 64.0 Å². The fourth-order valence-corrected chi connectivity index (χ4v) is 2.13. The Balaban J connectivity index is 2.21. The lowest BCUT2D eigenvalue weighted by Crippen LogP contribution is -2.27. The first kappa shape index (κ1) is 19.8. The molecule has 8 nitrogen and oxygen atoms in total. The van der Waals surface area contributed by atoms with Gasteiger partial charge >= 0.3 is 6.09 Å². The molecule has 0 saturated carbocycles. The van der Waals surface area contributed by atoms with Gasteiger partial charge in [0.15, 0.2) is 0 Å². The van der Waals surface area contributed by atoms with Gasteiger partial charge in [0.1, 0.15) is 17.0 Å². The number of nitro groups is 1. The Morgan fingerprint density at radius 1 is 1.11 bits per heavy atom. The van der Waals surface area contributed by atoms with Gasteiger partial charge in [-0.2, -0.15) is 0 Å². The zero-order chi connectivity index (χ0) is 20.2. The highest BCUT2D eigenvalue weighted by atomic mass is 19.1. The monoisotopic (exact) mass is 375 g/mol. The maximum atomic E-state index is 14.0. The van der Waals surface area contributed by atoms with Gasteiger partial charge in [0, 0.05) is 11.8 Å². The van der Waals surface area contributed by atoms with Gasteiger partial charge in [0.2, 0.25) is 0 Å². The normalized spacial score (nSPS) is 10.8. The molecule has 0 aliphatic carbocycles. The van der Waals surface area contributed by atoms with Crippen molar-refractivity contribution < 1.29 is 23.6 Å². The molecule has 0 spiro atoms. The van der Waals surface area contributed by atoms with Crippen molar-refractivity contribution in [3.8, 4) is 0 Å². The summed E-state index contributed by atoms with van der Waals surface area (Å²) in [6, 6.07) is 8.83. The van der Waals surface area contributed by atoms with Crippen LogP contribution in [-0.4, -0.2) is 22.5 Å². The molecule has 0 atom stereocenters. The fraction of sp³-hybridized carbons (Fsp3) is 0.222. The Labute approximate surface area is 154 Å². The van der Waals surface area contributed by atoms with Crippen molar-refractivity contribution in [1.82, 2.24) is 0 Å². The summed E-state index contributed by atoms with van der Waals surface area (Å²) in [4.78, 5) is 34.4. The van der Waals surface area contributed by atoms with Crippen LogP contribution in [0.15, 0.2) is 42.5 Å². The van der Waals surface area contributed by atoms with Gasteiger partial charge in [0.05, 0.1) is 10.6 Å². The highest BCUT2D eigenvalue weighted by molar-refractivity contribution is 6.07. The third-order valence-corrected chi connectivity index (χ3v) is 3.21. The van der Waals surface area contributed by atoms with E-state index < -0.39 is 34.0 Å². The molecule has 0 saturated heterocycles. The summed E-state index contributed by atoms with van der Waals surface area (Å²) >= 11 is 0. The SMILES string of the molecule is CC(C)(C)OC(=O)Nc1ccc(F)c(NC(=O)c2ccccc2[N+](=O)[O-])c1. The molecule has 2 amide bonds. The van der Waals surface area contributed by atoms with Crippen molar-refractivity contribution in [1.29, 1.82) is 0 Å². The number of benzene rings is 2. The summed E-state index contributed by atoms with van der Waals surface area (Å²) in [7, 11) is 0. The molecule has 2 aromatic carbocycles. The van der Waals surface area contributed by atoms with Crippen LogP contribution in [0.1, 0.15) is 31.1 Å². The van der Waals surface area contributed by atoms with Gasteiger partial charge in [-0.3, -0.25) is 20.2 Å². The first-order valence-corrected chi connectivity index (χ1v) is 7.91. The Morgan fingerprint density at radius 2 is 1.78 bits per heavy atom. The topological polar surface area (TPSA) is 111 Å². The predicted molar refractivity (Wildman–Crippen MR) is 97.3 cm³/mol. The van der Waals surface area contributed by atoms with E-state index >= 15 is 0 Å². The maximum absolute atomic E-state index is 14.0. The summed E-state index contributed by atoms with van der Waals surface area (Å²) in [5.41, 5.74) is -1.39. The number of para-hydroxylation sites is 1. The van der Waals surface area contributed by atoms with E-state index in [1.165, 1.54) is 36.4 Å². The Morgan fingerprint density at radius 3 is 2.41 bits per heavy atom. The fourth-order valence-electron chi connectivity index (χ4n) is 2.13. The minimum absolute atomic E-state index is 0.184. The number of nitro benzene ring substituents is 1. The molecule has 0 heterocycles. The van der Waals surface area contributed by atoms with Crippen LogP contribution in [0.3, 0.4) is 0 Å². The number of hydrogen-bond acceptors (Lipinski definition) is 5. The molecule has 0 aliphatic heterocycles. The lowest BCUT2D eigenvalue weighted by Gasteiger charge is -2.19. The summed E-state index contributed by atoms with van der Waals surface area (Å²) in [5, 5.41) is 15.7. The highest BCUT2D eigenvalue weighted by Gasteiger charge is 2.21. The average molecular weight is 375 g/mol. The van der Waals surface area contributed by atoms with Gasteiger partial charge in [-0.25, -0.2) is 9.18 Å². The summed E-state index contributed by atoms with van der Waals surface area (Å²) in [6.45, 7) is 5.07. The molecule has 0 unspecified atom stereocenters. The van der Waals surface area contributed by atoms with Gasteiger partial charge in [0.25, 0.3) is 11.6 Å².